The summed E-state index contributed by atoms with van der Waals surface area (Å²) in [6.45, 7) is 7.27. The Labute approximate surface area is 117 Å². The smallest absolute Gasteiger partial charge is 0.334 e. The average Bonchev–Trinajstić information content (AvgIpc) is 2.74. The van der Waals surface area contributed by atoms with Crippen LogP contribution in [0.25, 0.3) is 0 Å². The van der Waals surface area contributed by atoms with Gasteiger partial charge in [-0.3, -0.25) is 4.79 Å². The highest BCUT2D eigenvalue weighted by Gasteiger charge is 2.70. The largest absolute Gasteiger partial charge is 0.457 e. The number of Topliss-reactive ketones (excluding diaryl/α,β-unsaturated/α-hetero) is 1. The van der Waals surface area contributed by atoms with Crippen LogP contribution < -0.4 is 0 Å². The van der Waals surface area contributed by atoms with Crippen LogP contribution >= 0.6 is 0 Å². The zero-order valence-corrected chi connectivity index (χ0v) is 11.8. The van der Waals surface area contributed by atoms with Gasteiger partial charge in [-0.15, -0.1) is 0 Å². The summed E-state index contributed by atoms with van der Waals surface area (Å²) in [5.74, 6) is -1.32. The van der Waals surface area contributed by atoms with E-state index in [-0.39, 0.29) is 18.3 Å². The van der Waals surface area contributed by atoms with Gasteiger partial charge in [-0.2, -0.15) is 0 Å². The number of aliphatic hydroxyl groups excluding tert-OH is 1. The normalized spacial score (nSPS) is 51.5. The van der Waals surface area contributed by atoms with E-state index in [1.807, 2.05) is 6.92 Å². The van der Waals surface area contributed by atoms with Crippen molar-refractivity contribution in [3.63, 3.8) is 0 Å². The van der Waals surface area contributed by atoms with Crippen LogP contribution in [0.3, 0.4) is 0 Å². The van der Waals surface area contributed by atoms with Crippen molar-refractivity contribution in [1.82, 2.24) is 0 Å². The quantitative estimate of drug-likeness (QED) is 0.501. The molecular weight excluding hydrogens is 260 g/mol. The summed E-state index contributed by atoms with van der Waals surface area (Å²) in [5.41, 5.74) is -2.22. The molecule has 5 nitrogen and oxygen atoms in total. The van der Waals surface area contributed by atoms with Crippen molar-refractivity contribution in [2.75, 3.05) is 0 Å². The maximum atomic E-state index is 12.5. The SMILES string of the molecule is C=C1C(=O)O[C@@H]2[C@H]1CC[C@H](C)[C@]1(O)C[C@@H](O)C(=O)[C@@]21C. The van der Waals surface area contributed by atoms with E-state index in [2.05, 4.69) is 6.58 Å². The second kappa shape index (κ2) is 3.92. The predicted octanol–water partition coefficient (Wildman–Crippen LogP) is 0.585. The molecule has 0 unspecified atom stereocenters. The van der Waals surface area contributed by atoms with E-state index in [9.17, 15) is 19.8 Å². The number of carbonyl (C=O) groups is 2. The molecule has 3 aliphatic rings. The van der Waals surface area contributed by atoms with Gasteiger partial charge in [-0.25, -0.2) is 4.79 Å². The molecule has 3 rings (SSSR count). The molecule has 0 radical (unpaired) electrons. The van der Waals surface area contributed by atoms with Crippen LogP contribution in [-0.2, 0) is 14.3 Å². The molecule has 0 aromatic rings. The van der Waals surface area contributed by atoms with Crippen LogP contribution in [0.4, 0.5) is 0 Å². The van der Waals surface area contributed by atoms with Crippen LogP contribution in [0.1, 0.15) is 33.1 Å². The van der Waals surface area contributed by atoms with Crippen molar-refractivity contribution in [3.8, 4) is 0 Å². The van der Waals surface area contributed by atoms with Crippen LogP contribution in [0.15, 0.2) is 12.2 Å². The van der Waals surface area contributed by atoms with Crippen molar-refractivity contribution in [2.45, 2.75) is 50.9 Å². The van der Waals surface area contributed by atoms with Gasteiger partial charge < -0.3 is 14.9 Å². The monoisotopic (exact) mass is 280 g/mol. The fraction of sp³-hybridized carbons (Fsp3) is 0.733. The summed E-state index contributed by atoms with van der Waals surface area (Å²) in [7, 11) is 0. The Morgan fingerprint density at radius 1 is 1.35 bits per heavy atom. The van der Waals surface area contributed by atoms with Gasteiger partial charge in [0, 0.05) is 17.9 Å². The molecule has 6 atom stereocenters. The van der Waals surface area contributed by atoms with E-state index < -0.39 is 35.0 Å². The molecule has 3 fully saturated rings. The molecule has 0 bridgehead atoms. The van der Waals surface area contributed by atoms with Crippen LogP contribution in [-0.4, -0.2) is 39.8 Å². The van der Waals surface area contributed by atoms with E-state index in [1.54, 1.807) is 6.92 Å². The molecule has 2 N–H and O–H groups in total. The number of fused-ring (bicyclic) bond motifs is 3. The lowest BCUT2D eigenvalue weighted by Gasteiger charge is -2.43. The summed E-state index contributed by atoms with van der Waals surface area (Å²) in [6.07, 6.45) is -0.571. The first-order valence-electron chi connectivity index (χ1n) is 7.08. The van der Waals surface area contributed by atoms with E-state index in [0.717, 1.165) is 0 Å². The topological polar surface area (TPSA) is 83.8 Å². The number of ketones is 1. The number of ether oxygens (including phenoxy) is 1. The Morgan fingerprint density at radius 3 is 2.65 bits per heavy atom. The van der Waals surface area contributed by atoms with Crippen LogP contribution in [0, 0.1) is 17.3 Å². The minimum Gasteiger partial charge on any atom is -0.457 e. The molecular formula is C15H20O5. The number of rotatable bonds is 0. The van der Waals surface area contributed by atoms with Gasteiger partial charge in [0.25, 0.3) is 0 Å². The predicted molar refractivity (Wildman–Crippen MR) is 69.6 cm³/mol. The fourth-order valence-electron chi connectivity index (χ4n) is 4.38. The van der Waals surface area contributed by atoms with Gasteiger partial charge in [0.15, 0.2) is 5.78 Å². The molecule has 0 aromatic carbocycles. The molecule has 1 aliphatic heterocycles. The lowest BCUT2D eigenvalue weighted by atomic mass is 9.65. The summed E-state index contributed by atoms with van der Waals surface area (Å²) in [5, 5.41) is 21.0. The second-order valence-electron chi connectivity index (χ2n) is 6.65. The minimum atomic E-state index is -1.34. The van der Waals surface area contributed by atoms with Crippen molar-refractivity contribution < 1.29 is 24.5 Å². The lowest BCUT2D eigenvalue weighted by Crippen LogP contribution is -2.56. The molecule has 5 heteroatoms. The molecule has 0 amide bonds. The molecule has 0 aromatic heterocycles. The molecule has 20 heavy (non-hydrogen) atoms. The summed E-state index contributed by atoms with van der Waals surface area (Å²) in [4.78, 5) is 24.3. The van der Waals surface area contributed by atoms with Crippen molar-refractivity contribution >= 4 is 11.8 Å². The third kappa shape index (κ3) is 1.35. The molecule has 110 valence electrons. The van der Waals surface area contributed by atoms with Crippen LogP contribution in [0.5, 0.6) is 0 Å². The third-order valence-electron chi connectivity index (χ3n) is 5.82. The first-order chi connectivity index (χ1) is 9.23. The Morgan fingerprint density at radius 2 is 2.00 bits per heavy atom. The lowest BCUT2D eigenvalue weighted by molar-refractivity contribution is -0.171. The van der Waals surface area contributed by atoms with Gasteiger partial charge in [0.1, 0.15) is 12.2 Å². The Bertz CT molecular complexity index is 512. The Kier molecular flexibility index (Phi) is 2.70. The van der Waals surface area contributed by atoms with E-state index in [0.29, 0.717) is 18.4 Å². The molecule has 0 spiro atoms. The van der Waals surface area contributed by atoms with E-state index in [1.165, 1.54) is 0 Å². The van der Waals surface area contributed by atoms with Gasteiger partial charge in [0.2, 0.25) is 0 Å². The van der Waals surface area contributed by atoms with Crippen LogP contribution in [0.2, 0.25) is 0 Å². The molecule has 1 heterocycles. The number of carbonyl (C=O) groups excluding carboxylic acids is 2. The average molecular weight is 280 g/mol. The zero-order chi connectivity index (χ0) is 14.9. The van der Waals surface area contributed by atoms with Crippen molar-refractivity contribution in [2.24, 2.45) is 17.3 Å². The molecule has 1 saturated heterocycles. The highest BCUT2D eigenvalue weighted by atomic mass is 16.6. The number of aliphatic hydroxyl groups is 2. The highest BCUT2D eigenvalue weighted by molar-refractivity contribution is 5.96. The number of hydrogen-bond acceptors (Lipinski definition) is 5. The maximum Gasteiger partial charge on any atom is 0.334 e. The first kappa shape index (κ1) is 13.8. The van der Waals surface area contributed by atoms with Crippen molar-refractivity contribution in [3.05, 3.63) is 12.2 Å². The fourth-order valence-corrected chi connectivity index (χ4v) is 4.38. The minimum absolute atomic E-state index is 0.0107. The first-order valence-corrected chi connectivity index (χ1v) is 7.08. The van der Waals surface area contributed by atoms with E-state index >= 15 is 0 Å². The highest BCUT2D eigenvalue weighted by Crippen LogP contribution is 2.58. The summed E-state index contributed by atoms with van der Waals surface area (Å²) < 4.78 is 5.38. The van der Waals surface area contributed by atoms with Crippen molar-refractivity contribution in [1.29, 1.82) is 0 Å². The number of esters is 1. The second-order valence-corrected chi connectivity index (χ2v) is 6.65. The van der Waals surface area contributed by atoms with Gasteiger partial charge in [-0.05, 0) is 25.7 Å². The van der Waals surface area contributed by atoms with Gasteiger partial charge in [-0.1, -0.05) is 13.5 Å². The Hall–Kier alpha value is -1.20. The zero-order valence-electron chi connectivity index (χ0n) is 11.8. The summed E-state index contributed by atoms with van der Waals surface area (Å²) in [6, 6.07) is 0. The molecule has 2 saturated carbocycles. The Balaban J connectivity index is 2.16. The third-order valence-corrected chi connectivity index (χ3v) is 5.82. The van der Waals surface area contributed by atoms with E-state index in [4.69, 9.17) is 4.74 Å². The standard InChI is InChI=1S/C15H20O5/c1-7-4-5-9-8(2)13(18)20-12(9)14(3)11(17)10(16)6-15(7,14)19/h7,9-10,12,16,19H,2,4-6H2,1,3H3/t7-,9-,10+,12+,14-,15+/m0/s1. The van der Waals surface area contributed by atoms with Gasteiger partial charge >= 0.3 is 5.97 Å². The maximum absolute atomic E-state index is 12.5. The van der Waals surface area contributed by atoms with Gasteiger partial charge in [0.05, 0.1) is 11.0 Å². The number of hydrogen-bond donors (Lipinski definition) is 2. The molecule has 2 aliphatic carbocycles. The summed E-state index contributed by atoms with van der Waals surface area (Å²) >= 11 is 0.